The third-order valence-electron chi connectivity index (χ3n) is 10.4. The van der Waals surface area contributed by atoms with Gasteiger partial charge in [0.15, 0.2) is 0 Å². The third kappa shape index (κ3) is 9.77. The minimum Gasteiger partial charge on any atom is -0.494 e. The Morgan fingerprint density at radius 1 is 0.475 bits per heavy atom. The molecule has 0 aliphatic heterocycles. The largest absolute Gasteiger partial charge is 0.494 e. The molecule has 0 saturated heterocycles. The normalized spacial score (nSPS) is 12.6. The van der Waals surface area contributed by atoms with Crippen LogP contribution in [0.2, 0.25) is 0 Å². The molecule has 0 spiro atoms. The molecule has 8 heteroatoms. The fraction of sp³-hybridized carbons (Fsp3) is 0.170. The van der Waals surface area contributed by atoms with Crippen LogP contribution in [-0.2, 0) is 31.9 Å². The first-order valence-electron chi connectivity index (χ1n) is 20.4. The second-order valence-electron chi connectivity index (χ2n) is 14.4. The van der Waals surface area contributed by atoms with E-state index < -0.39 is 11.9 Å². The number of aryl methyl sites for hydroxylation is 2. The molecule has 0 N–H and O–H groups in total. The molecule has 0 amide bonds. The van der Waals surface area contributed by atoms with Crippen molar-refractivity contribution in [3.63, 3.8) is 0 Å². The van der Waals surface area contributed by atoms with Gasteiger partial charge in [0, 0.05) is 22.3 Å². The Hall–Kier alpha value is -7.32. The van der Waals surface area contributed by atoms with Gasteiger partial charge in [0.05, 0.1) is 26.9 Å². The molecule has 61 heavy (non-hydrogen) atoms. The SMILES string of the molecule is CCOC(=O)C1=C(c2ccccc2)c2ccc(OCCCc3ccccc3)cc2C1=O.COC(=O)C1=C(c2ccccc2)c2ccc(OCCCc3ccccc3)cc2C1=O. The first kappa shape index (κ1) is 41.8. The second kappa shape index (κ2) is 20.1. The first-order valence-corrected chi connectivity index (χ1v) is 20.4. The number of methoxy groups -OCH3 is 1. The number of hydrogen-bond donors (Lipinski definition) is 0. The molecule has 0 aromatic heterocycles. The third-order valence-corrected chi connectivity index (χ3v) is 10.4. The molecule has 0 heterocycles. The van der Waals surface area contributed by atoms with Gasteiger partial charge >= 0.3 is 11.9 Å². The van der Waals surface area contributed by atoms with Gasteiger partial charge in [0.1, 0.15) is 22.6 Å². The maximum atomic E-state index is 13.1. The van der Waals surface area contributed by atoms with Crippen LogP contribution in [0.4, 0.5) is 0 Å². The predicted molar refractivity (Wildman–Crippen MR) is 236 cm³/mol. The van der Waals surface area contributed by atoms with Gasteiger partial charge in [0.25, 0.3) is 0 Å². The number of ketones is 2. The molecule has 0 atom stereocenters. The number of carbonyl (C=O) groups excluding carboxylic acids is 4. The van der Waals surface area contributed by atoms with Crippen molar-refractivity contribution in [1.82, 2.24) is 0 Å². The van der Waals surface area contributed by atoms with Crippen molar-refractivity contribution in [2.45, 2.75) is 32.6 Å². The zero-order valence-electron chi connectivity index (χ0n) is 34.2. The number of Topliss-reactive ketones (excluding diaryl/α,β-unsaturated/α-hetero) is 2. The zero-order chi connectivity index (χ0) is 42.6. The molecule has 0 unspecified atom stereocenters. The van der Waals surface area contributed by atoms with E-state index in [1.807, 2.05) is 121 Å². The standard InChI is InChI=1S/C27H24O4.C26H22O4/c1-2-30-27(29)25-24(20-13-7-4-8-14-20)22-16-15-21(18-23(22)26(25)28)31-17-9-12-19-10-5-3-6-11-19;1-29-26(28)24-23(19-12-6-3-7-13-19)21-15-14-20(17-22(21)25(24)27)30-16-8-11-18-9-4-2-5-10-18/h3-8,10-11,13-16,18H,2,9,12,17H2,1H3;2-7,9-10,12-15,17H,8,11,16H2,1H3. The number of esters is 2. The number of carbonyl (C=O) groups is 4. The van der Waals surface area contributed by atoms with Gasteiger partial charge in [-0.05, 0) is 102 Å². The summed E-state index contributed by atoms with van der Waals surface area (Å²) in [6, 6.07) is 50.2. The first-order chi connectivity index (χ1) is 29.9. The molecule has 8 nitrogen and oxygen atoms in total. The molecule has 0 radical (unpaired) electrons. The van der Waals surface area contributed by atoms with Gasteiger partial charge < -0.3 is 18.9 Å². The van der Waals surface area contributed by atoms with E-state index in [0.29, 0.717) is 47.0 Å². The van der Waals surface area contributed by atoms with E-state index in [4.69, 9.17) is 18.9 Å². The van der Waals surface area contributed by atoms with E-state index in [9.17, 15) is 19.2 Å². The van der Waals surface area contributed by atoms with Gasteiger partial charge in [0.2, 0.25) is 11.6 Å². The van der Waals surface area contributed by atoms with Gasteiger partial charge in [-0.15, -0.1) is 0 Å². The number of ether oxygens (including phenoxy) is 4. The summed E-state index contributed by atoms with van der Waals surface area (Å²) in [5.74, 6) is -0.618. The Bertz CT molecular complexity index is 2580. The number of hydrogen-bond acceptors (Lipinski definition) is 8. The molecular formula is C53H46O8. The van der Waals surface area contributed by atoms with Crippen molar-refractivity contribution < 1.29 is 38.1 Å². The van der Waals surface area contributed by atoms with Crippen LogP contribution < -0.4 is 9.47 Å². The van der Waals surface area contributed by atoms with Crippen molar-refractivity contribution in [3.05, 3.63) is 213 Å². The van der Waals surface area contributed by atoms with Gasteiger partial charge in [-0.3, -0.25) is 9.59 Å². The lowest BCUT2D eigenvalue weighted by molar-refractivity contribution is -0.138. The lowest BCUT2D eigenvalue weighted by atomic mass is 9.97. The lowest BCUT2D eigenvalue weighted by Crippen LogP contribution is -2.14. The molecule has 0 saturated carbocycles. The molecule has 2 aliphatic rings. The number of benzene rings is 6. The topological polar surface area (TPSA) is 105 Å². The average molecular weight is 811 g/mol. The van der Waals surface area contributed by atoms with E-state index in [2.05, 4.69) is 24.3 Å². The highest BCUT2D eigenvalue weighted by atomic mass is 16.5. The lowest BCUT2D eigenvalue weighted by Gasteiger charge is -2.10. The summed E-state index contributed by atoms with van der Waals surface area (Å²) < 4.78 is 21.8. The van der Waals surface area contributed by atoms with Crippen molar-refractivity contribution in [3.8, 4) is 11.5 Å². The van der Waals surface area contributed by atoms with E-state index >= 15 is 0 Å². The maximum Gasteiger partial charge on any atom is 0.342 e. The highest BCUT2D eigenvalue weighted by Crippen LogP contribution is 2.41. The van der Waals surface area contributed by atoms with Crippen molar-refractivity contribution >= 4 is 34.7 Å². The van der Waals surface area contributed by atoms with Crippen LogP contribution in [0.5, 0.6) is 11.5 Å². The van der Waals surface area contributed by atoms with Gasteiger partial charge in [-0.25, -0.2) is 9.59 Å². The number of fused-ring (bicyclic) bond motifs is 2. The molecular weight excluding hydrogens is 765 g/mol. The summed E-state index contributed by atoms with van der Waals surface area (Å²) in [5, 5.41) is 0. The Morgan fingerprint density at radius 2 is 0.869 bits per heavy atom. The van der Waals surface area contributed by atoms with Gasteiger partial charge in [-0.2, -0.15) is 0 Å². The predicted octanol–water partition coefficient (Wildman–Crippen LogP) is 10.1. The second-order valence-corrected chi connectivity index (χ2v) is 14.4. The Kier molecular flexibility index (Phi) is 13.8. The van der Waals surface area contributed by atoms with Crippen LogP contribution in [-0.4, -0.2) is 50.4 Å². The molecule has 306 valence electrons. The van der Waals surface area contributed by atoms with Crippen LogP contribution in [0, 0.1) is 0 Å². The molecule has 6 aromatic rings. The zero-order valence-corrected chi connectivity index (χ0v) is 34.2. The minimum atomic E-state index is -0.625. The number of rotatable bonds is 15. The average Bonchev–Trinajstić information content (AvgIpc) is 3.77. The summed E-state index contributed by atoms with van der Waals surface area (Å²) in [4.78, 5) is 51.2. The summed E-state index contributed by atoms with van der Waals surface area (Å²) >= 11 is 0. The molecule has 0 fully saturated rings. The van der Waals surface area contributed by atoms with Crippen molar-refractivity contribution in [1.29, 1.82) is 0 Å². The molecule has 2 aliphatic carbocycles. The van der Waals surface area contributed by atoms with Crippen LogP contribution >= 0.6 is 0 Å². The Balaban J connectivity index is 0.000000184. The summed E-state index contributed by atoms with van der Waals surface area (Å²) in [6.45, 7) is 3.04. The maximum absolute atomic E-state index is 13.1. The highest BCUT2D eigenvalue weighted by molar-refractivity contribution is 6.36. The summed E-state index contributed by atoms with van der Waals surface area (Å²) in [5.41, 5.74) is 7.94. The van der Waals surface area contributed by atoms with Crippen LogP contribution in [0.3, 0.4) is 0 Å². The Labute approximate surface area is 356 Å². The fourth-order valence-corrected chi connectivity index (χ4v) is 7.53. The summed E-state index contributed by atoms with van der Waals surface area (Å²) in [7, 11) is 1.29. The van der Waals surface area contributed by atoms with E-state index in [0.717, 1.165) is 47.9 Å². The molecule has 6 aromatic carbocycles. The van der Waals surface area contributed by atoms with Crippen molar-refractivity contribution in [2.24, 2.45) is 0 Å². The van der Waals surface area contributed by atoms with E-state index in [1.165, 1.54) is 18.2 Å². The van der Waals surface area contributed by atoms with Crippen LogP contribution in [0.1, 0.15) is 73.9 Å². The van der Waals surface area contributed by atoms with E-state index in [-0.39, 0.29) is 29.3 Å². The molecule has 8 rings (SSSR count). The smallest absolute Gasteiger partial charge is 0.342 e. The van der Waals surface area contributed by atoms with Crippen molar-refractivity contribution in [2.75, 3.05) is 26.9 Å². The summed E-state index contributed by atoms with van der Waals surface area (Å²) in [6.07, 6.45) is 3.60. The Morgan fingerprint density at radius 3 is 1.26 bits per heavy atom. The van der Waals surface area contributed by atoms with E-state index in [1.54, 1.807) is 19.1 Å². The minimum absolute atomic E-state index is 0.0694. The monoisotopic (exact) mass is 810 g/mol. The van der Waals surface area contributed by atoms with Crippen LogP contribution in [0.15, 0.2) is 169 Å². The molecule has 0 bridgehead atoms. The quantitative estimate of drug-likeness (QED) is 0.0574. The van der Waals surface area contributed by atoms with Gasteiger partial charge in [-0.1, -0.05) is 121 Å². The highest BCUT2D eigenvalue weighted by Gasteiger charge is 2.37. The fourth-order valence-electron chi connectivity index (χ4n) is 7.53. The van der Waals surface area contributed by atoms with Crippen LogP contribution in [0.25, 0.3) is 11.1 Å².